The molecule has 1 aromatic heterocycles. The molecule has 1 aromatic carbocycles. The van der Waals surface area contributed by atoms with Crippen LogP contribution in [0.25, 0.3) is 10.9 Å². The van der Waals surface area contributed by atoms with Gasteiger partial charge in [-0.05, 0) is 26.8 Å². The van der Waals surface area contributed by atoms with Gasteiger partial charge in [0.05, 0.1) is 31.4 Å². The summed E-state index contributed by atoms with van der Waals surface area (Å²) in [6, 6.07) is 3.25. The molecule has 25 heavy (non-hydrogen) atoms. The lowest BCUT2D eigenvalue weighted by molar-refractivity contribution is 0.0526. The maximum atomic E-state index is 12.6. The standard InChI is InChI=1S/C17H23N3O5/c1-17(2,3)25-16(22)18-6-7-20-10-19-12-9-14(24-5)13(23-4)8-11(12)15(20)21/h8-10H,6-7H2,1-5H3,(H,18,22). The number of amides is 1. The van der Waals surface area contributed by atoms with Gasteiger partial charge in [-0.1, -0.05) is 0 Å². The molecule has 0 unspecified atom stereocenters. The number of hydrogen-bond donors (Lipinski definition) is 1. The third-order valence-electron chi connectivity index (χ3n) is 3.35. The average Bonchev–Trinajstić information content (AvgIpc) is 2.54. The summed E-state index contributed by atoms with van der Waals surface area (Å²) >= 11 is 0. The van der Waals surface area contributed by atoms with Crippen LogP contribution in [0.3, 0.4) is 0 Å². The van der Waals surface area contributed by atoms with Gasteiger partial charge >= 0.3 is 6.09 Å². The summed E-state index contributed by atoms with van der Waals surface area (Å²) in [5.74, 6) is 0.963. The van der Waals surface area contributed by atoms with Crippen molar-refractivity contribution >= 4 is 17.0 Å². The molecular formula is C17H23N3O5. The molecule has 136 valence electrons. The number of carbonyl (C=O) groups is 1. The van der Waals surface area contributed by atoms with Crippen LogP contribution in [0.1, 0.15) is 20.8 Å². The van der Waals surface area contributed by atoms with Crippen LogP contribution in [0, 0.1) is 0 Å². The molecule has 0 saturated carbocycles. The molecule has 0 aliphatic rings. The highest BCUT2D eigenvalue weighted by atomic mass is 16.6. The number of aromatic nitrogens is 2. The number of methoxy groups -OCH3 is 2. The van der Waals surface area contributed by atoms with Crippen LogP contribution in [-0.2, 0) is 11.3 Å². The van der Waals surface area contributed by atoms with Gasteiger partial charge in [-0.3, -0.25) is 9.36 Å². The number of rotatable bonds is 5. The van der Waals surface area contributed by atoms with Crippen molar-refractivity contribution in [3.05, 3.63) is 28.8 Å². The Bertz CT molecular complexity index is 823. The number of alkyl carbamates (subject to hydrolysis) is 1. The smallest absolute Gasteiger partial charge is 0.407 e. The summed E-state index contributed by atoms with van der Waals surface area (Å²) in [5, 5.41) is 3.02. The minimum absolute atomic E-state index is 0.225. The van der Waals surface area contributed by atoms with Crippen LogP contribution in [0.15, 0.2) is 23.3 Å². The fourth-order valence-electron chi connectivity index (χ4n) is 2.24. The fourth-order valence-corrected chi connectivity index (χ4v) is 2.24. The molecule has 0 aliphatic heterocycles. The lowest BCUT2D eigenvalue weighted by Gasteiger charge is -2.19. The predicted octanol–water partition coefficient (Wildman–Crippen LogP) is 1.94. The van der Waals surface area contributed by atoms with E-state index in [9.17, 15) is 9.59 Å². The van der Waals surface area contributed by atoms with Crippen molar-refractivity contribution in [1.29, 1.82) is 0 Å². The molecule has 0 fully saturated rings. The number of nitrogens with zero attached hydrogens (tertiary/aromatic N) is 2. The van der Waals surface area contributed by atoms with Gasteiger partial charge in [-0.25, -0.2) is 9.78 Å². The topological polar surface area (TPSA) is 91.7 Å². The summed E-state index contributed by atoms with van der Waals surface area (Å²) in [6.07, 6.45) is 0.911. The van der Waals surface area contributed by atoms with E-state index in [2.05, 4.69) is 10.3 Å². The zero-order valence-corrected chi connectivity index (χ0v) is 15.1. The number of ether oxygens (including phenoxy) is 3. The normalized spacial score (nSPS) is 11.2. The van der Waals surface area contributed by atoms with Crippen molar-refractivity contribution in [3.63, 3.8) is 0 Å². The van der Waals surface area contributed by atoms with Crippen molar-refractivity contribution in [1.82, 2.24) is 14.9 Å². The SMILES string of the molecule is COc1cc2ncn(CCNC(=O)OC(C)(C)C)c(=O)c2cc1OC. The highest BCUT2D eigenvalue weighted by molar-refractivity contribution is 5.81. The van der Waals surface area contributed by atoms with Gasteiger partial charge in [0.25, 0.3) is 5.56 Å². The minimum Gasteiger partial charge on any atom is -0.493 e. The van der Waals surface area contributed by atoms with Crippen LogP contribution in [0.2, 0.25) is 0 Å². The Balaban J connectivity index is 2.16. The van der Waals surface area contributed by atoms with Crippen LogP contribution in [0.5, 0.6) is 11.5 Å². The van der Waals surface area contributed by atoms with Gasteiger partial charge in [0, 0.05) is 19.2 Å². The van der Waals surface area contributed by atoms with Gasteiger partial charge in [0.1, 0.15) is 5.60 Å². The van der Waals surface area contributed by atoms with Crippen LogP contribution in [0.4, 0.5) is 4.79 Å². The van der Waals surface area contributed by atoms with Crippen molar-refractivity contribution < 1.29 is 19.0 Å². The number of hydrogen-bond acceptors (Lipinski definition) is 6. The fraction of sp³-hybridized carbons (Fsp3) is 0.471. The average molecular weight is 349 g/mol. The number of benzene rings is 1. The quantitative estimate of drug-likeness (QED) is 0.887. The van der Waals surface area contributed by atoms with Gasteiger partial charge in [-0.15, -0.1) is 0 Å². The van der Waals surface area contributed by atoms with Gasteiger partial charge in [0.2, 0.25) is 0 Å². The largest absolute Gasteiger partial charge is 0.493 e. The second kappa shape index (κ2) is 7.42. The van der Waals surface area contributed by atoms with E-state index in [0.29, 0.717) is 22.4 Å². The maximum Gasteiger partial charge on any atom is 0.407 e. The molecule has 0 bridgehead atoms. The van der Waals surface area contributed by atoms with Gasteiger partial charge in [-0.2, -0.15) is 0 Å². The predicted molar refractivity (Wildman–Crippen MR) is 93.3 cm³/mol. The third kappa shape index (κ3) is 4.62. The molecule has 0 radical (unpaired) electrons. The zero-order chi connectivity index (χ0) is 18.6. The van der Waals surface area contributed by atoms with E-state index in [4.69, 9.17) is 14.2 Å². The molecule has 1 heterocycles. The van der Waals surface area contributed by atoms with E-state index in [1.54, 1.807) is 32.9 Å². The third-order valence-corrected chi connectivity index (χ3v) is 3.35. The summed E-state index contributed by atoms with van der Waals surface area (Å²) in [5.41, 5.74) is -0.281. The Labute approximate surface area is 145 Å². The van der Waals surface area contributed by atoms with E-state index in [1.807, 2.05) is 0 Å². The van der Waals surface area contributed by atoms with Crippen molar-refractivity contribution in [2.24, 2.45) is 0 Å². The molecule has 0 saturated heterocycles. The monoisotopic (exact) mass is 349 g/mol. The lowest BCUT2D eigenvalue weighted by Crippen LogP contribution is -2.35. The van der Waals surface area contributed by atoms with Crippen molar-refractivity contribution in [2.75, 3.05) is 20.8 Å². The van der Waals surface area contributed by atoms with E-state index in [1.165, 1.54) is 25.1 Å². The molecule has 0 atom stereocenters. The van der Waals surface area contributed by atoms with Crippen LogP contribution < -0.4 is 20.3 Å². The minimum atomic E-state index is -0.568. The van der Waals surface area contributed by atoms with E-state index in [-0.39, 0.29) is 18.6 Å². The Morgan fingerprint density at radius 1 is 1.20 bits per heavy atom. The molecule has 2 aromatic rings. The maximum absolute atomic E-state index is 12.6. The molecule has 0 spiro atoms. The highest BCUT2D eigenvalue weighted by Crippen LogP contribution is 2.29. The number of nitrogens with one attached hydrogen (secondary N) is 1. The second-order valence-corrected chi connectivity index (χ2v) is 6.40. The molecule has 0 aliphatic carbocycles. The van der Waals surface area contributed by atoms with Gasteiger partial charge in [0.15, 0.2) is 11.5 Å². The summed E-state index contributed by atoms with van der Waals surface area (Å²) in [4.78, 5) is 28.5. The Hall–Kier alpha value is -2.77. The van der Waals surface area contributed by atoms with Crippen LogP contribution >= 0.6 is 0 Å². The van der Waals surface area contributed by atoms with Crippen molar-refractivity contribution in [3.8, 4) is 11.5 Å². The Morgan fingerprint density at radius 2 is 1.84 bits per heavy atom. The Morgan fingerprint density at radius 3 is 2.44 bits per heavy atom. The van der Waals surface area contributed by atoms with Crippen molar-refractivity contribution in [2.45, 2.75) is 32.9 Å². The first-order valence-electron chi connectivity index (χ1n) is 7.83. The second-order valence-electron chi connectivity index (χ2n) is 6.40. The van der Waals surface area contributed by atoms with E-state index >= 15 is 0 Å². The molecule has 8 heteroatoms. The van der Waals surface area contributed by atoms with E-state index < -0.39 is 11.7 Å². The molecule has 1 amide bonds. The Kier molecular flexibility index (Phi) is 5.51. The summed E-state index contributed by atoms with van der Waals surface area (Å²) in [7, 11) is 3.02. The highest BCUT2D eigenvalue weighted by Gasteiger charge is 2.16. The first-order valence-corrected chi connectivity index (χ1v) is 7.83. The molecular weight excluding hydrogens is 326 g/mol. The zero-order valence-electron chi connectivity index (χ0n) is 15.1. The summed E-state index contributed by atoms with van der Waals surface area (Å²) in [6.45, 7) is 5.87. The summed E-state index contributed by atoms with van der Waals surface area (Å²) < 4.78 is 17.0. The molecule has 2 rings (SSSR count). The number of carbonyl (C=O) groups excluding carboxylic acids is 1. The van der Waals surface area contributed by atoms with Crippen LogP contribution in [-0.4, -0.2) is 42.0 Å². The first-order chi connectivity index (χ1) is 11.7. The number of fused-ring (bicyclic) bond motifs is 1. The first kappa shape index (κ1) is 18.6. The van der Waals surface area contributed by atoms with Gasteiger partial charge < -0.3 is 19.5 Å². The molecule has 8 nitrogen and oxygen atoms in total. The molecule has 1 N–H and O–H groups in total. The lowest BCUT2D eigenvalue weighted by atomic mass is 10.2. The van der Waals surface area contributed by atoms with E-state index in [0.717, 1.165) is 0 Å².